The van der Waals surface area contributed by atoms with Crippen LogP contribution in [0.3, 0.4) is 0 Å². The van der Waals surface area contributed by atoms with Crippen molar-refractivity contribution in [1.82, 2.24) is 9.62 Å². The van der Waals surface area contributed by atoms with Crippen molar-refractivity contribution in [3.05, 3.63) is 41.5 Å². The molecular weight excluding hydrogens is 380 g/mol. The number of benzene rings is 1. The summed E-state index contributed by atoms with van der Waals surface area (Å²) in [5, 5.41) is 2.78. The Balaban J connectivity index is 1.91. The summed E-state index contributed by atoms with van der Waals surface area (Å²) in [5.74, 6) is -1.12. The predicted molar refractivity (Wildman–Crippen MR) is 106 cm³/mol. The summed E-state index contributed by atoms with van der Waals surface area (Å²) < 4.78 is 30.6. The minimum atomic E-state index is -3.66. The number of carbonyl (C=O) groups is 2. The van der Waals surface area contributed by atoms with E-state index in [4.69, 9.17) is 4.74 Å². The molecule has 0 saturated heterocycles. The van der Waals surface area contributed by atoms with Crippen LogP contribution in [0.4, 0.5) is 0 Å². The molecule has 0 radical (unpaired) electrons. The lowest BCUT2D eigenvalue weighted by atomic mass is 9.97. The molecule has 0 aromatic heterocycles. The molecule has 0 aliphatic heterocycles. The van der Waals surface area contributed by atoms with Crippen LogP contribution in [0, 0.1) is 0 Å². The van der Waals surface area contributed by atoms with Crippen molar-refractivity contribution >= 4 is 21.9 Å². The summed E-state index contributed by atoms with van der Waals surface area (Å²) in [6.45, 7) is 2.00. The SMILES string of the molecule is C[C@H](OC(=O)c1cccc(S(=O)(=O)N(C)C)c1)C(=O)NCCC1=CCCCC1. The lowest BCUT2D eigenvalue weighted by Crippen LogP contribution is -2.36. The topological polar surface area (TPSA) is 92.8 Å². The lowest BCUT2D eigenvalue weighted by molar-refractivity contribution is -0.129. The van der Waals surface area contributed by atoms with E-state index in [-0.39, 0.29) is 16.4 Å². The third kappa shape index (κ3) is 5.90. The van der Waals surface area contributed by atoms with E-state index < -0.39 is 22.1 Å². The van der Waals surface area contributed by atoms with Gasteiger partial charge in [-0.2, -0.15) is 0 Å². The van der Waals surface area contributed by atoms with Crippen LogP contribution in [-0.4, -0.2) is 51.3 Å². The molecule has 0 spiro atoms. The number of rotatable bonds is 8. The van der Waals surface area contributed by atoms with Gasteiger partial charge in [-0.3, -0.25) is 4.79 Å². The number of ether oxygens (including phenoxy) is 1. The summed E-state index contributed by atoms with van der Waals surface area (Å²) in [6.07, 6.45) is 6.65. The van der Waals surface area contributed by atoms with E-state index in [9.17, 15) is 18.0 Å². The van der Waals surface area contributed by atoms with E-state index in [2.05, 4.69) is 11.4 Å². The normalized spacial score (nSPS) is 15.6. The summed E-state index contributed by atoms with van der Waals surface area (Å²) in [7, 11) is -0.834. The number of sulfonamides is 1. The highest BCUT2D eigenvalue weighted by Gasteiger charge is 2.22. The Bertz CT molecular complexity index is 846. The number of hydrogen-bond donors (Lipinski definition) is 1. The molecule has 0 fully saturated rings. The van der Waals surface area contributed by atoms with Crippen molar-refractivity contribution in [2.75, 3.05) is 20.6 Å². The largest absolute Gasteiger partial charge is 0.449 e. The second-order valence-corrected chi connectivity index (χ2v) is 9.16. The van der Waals surface area contributed by atoms with E-state index in [1.807, 2.05) is 0 Å². The maximum absolute atomic E-state index is 12.3. The third-order valence-electron chi connectivity index (χ3n) is 4.63. The number of amides is 1. The fraction of sp³-hybridized carbons (Fsp3) is 0.500. The highest BCUT2D eigenvalue weighted by atomic mass is 32.2. The first kappa shape index (κ1) is 22.1. The van der Waals surface area contributed by atoms with Crippen LogP contribution in [-0.2, 0) is 19.6 Å². The Morgan fingerprint density at radius 3 is 2.64 bits per heavy atom. The molecule has 1 N–H and O–H groups in total. The lowest BCUT2D eigenvalue weighted by Gasteiger charge is -2.16. The molecule has 0 bridgehead atoms. The first-order chi connectivity index (χ1) is 13.2. The molecule has 1 amide bonds. The number of nitrogens with one attached hydrogen (secondary N) is 1. The van der Waals surface area contributed by atoms with Gasteiger partial charge in [-0.05, 0) is 57.2 Å². The molecule has 1 atom stereocenters. The van der Waals surface area contributed by atoms with Crippen LogP contribution >= 0.6 is 0 Å². The van der Waals surface area contributed by atoms with Crippen LogP contribution < -0.4 is 5.32 Å². The van der Waals surface area contributed by atoms with Gasteiger partial charge in [0.25, 0.3) is 5.91 Å². The van der Waals surface area contributed by atoms with E-state index in [1.165, 1.54) is 63.7 Å². The number of carbonyl (C=O) groups excluding carboxylic acids is 2. The van der Waals surface area contributed by atoms with Crippen LogP contribution in [0.25, 0.3) is 0 Å². The molecule has 8 heteroatoms. The summed E-state index contributed by atoms with van der Waals surface area (Å²) in [4.78, 5) is 24.5. The minimum Gasteiger partial charge on any atom is -0.449 e. The first-order valence-electron chi connectivity index (χ1n) is 9.41. The number of nitrogens with zero attached hydrogens (tertiary/aromatic N) is 1. The van der Waals surface area contributed by atoms with Crippen LogP contribution in [0.1, 0.15) is 49.4 Å². The van der Waals surface area contributed by atoms with Crippen molar-refractivity contribution < 1.29 is 22.7 Å². The molecule has 0 saturated carbocycles. The quantitative estimate of drug-likeness (QED) is 0.527. The van der Waals surface area contributed by atoms with Gasteiger partial charge in [0.1, 0.15) is 0 Å². The predicted octanol–water partition coefficient (Wildman–Crippen LogP) is 2.49. The van der Waals surface area contributed by atoms with Gasteiger partial charge in [-0.15, -0.1) is 0 Å². The molecule has 1 aromatic rings. The Kier molecular flexibility index (Phi) is 7.77. The maximum Gasteiger partial charge on any atom is 0.338 e. The van der Waals surface area contributed by atoms with Crippen molar-refractivity contribution in [2.24, 2.45) is 0 Å². The van der Waals surface area contributed by atoms with Crippen molar-refractivity contribution in [3.8, 4) is 0 Å². The van der Waals surface area contributed by atoms with Gasteiger partial charge in [0.2, 0.25) is 10.0 Å². The van der Waals surface area contributed by atoms with Crippen LogP contribution in [0.5, 0.6) is 0 Å². The van der Waals surface area contributed by atoms with E-state index in [0.29, 0.717) is 6.54 Å². The van der Waals surface area contributed by atoms with Gasteiger partial charge in [0, 0.05) is 20.6 Å². The van der Waals surface area contributed by atoms with Crippen molar-refractivity contribution in [1.29, 1.82) is 0 Å². The fourth-order valence-corrected chi connectivity index (χ4v) is 3.85. The standard InChI is InChI=1S/C20H28N2O5S/c1-15(19(23)21-13-12-16-8-5-4-6-9-16)27-20(24)17-10-7-11-18(14-17)28(25,26)22(2)3/h7-8,10-11,14-15H,4-6,9,12-13H2,1-3H3,(H,21,23)/t15-/m0/s1. The number of allylic oxidation sites excluding steroid dienone is 1. The monoisotopic (exact) mass is 408 g/mol. The Morgan fingerprint density at radius 1 is 1.25 bits per heavy atom. The third-order valence-corrected chi connectivity index (χ3v) is 6.44. The maximum atomic E-state index is 12.3. The van der Waals surface area contributed by atoms with Crippen LogP contribution in [0.2, 0.25) is 0 Å². The second-order valence-electron chi connectivity index (χ2n) is 7.01. The van der Waals surface area contributed by atoms with Gasteiger partial charge in [-0.1, -0.05) is 17.7 Å². The summed E-state index contributed by atoms with van der Waals surface area (Å²) in [6, 6.07) is 5.58. The summed E-state index contributed by atoms with van der Waals surface area (Å²) >= 11 is 0. The van der Waals surface area contributed by atoms with Gasteiger partial charge in [-0.25, -0.2) is 17.5 Å². The molecule has 28 heavy (non-hydrogen) atoms. The van der Waals surface area contributed by atoms with E-state index in [1.54, 1.807) is 0 Å². The molecule has 2 rings (SSSR count). The number of esters is 1. The van der Waals surface area contributed by atoms with Gasteiger partial charge < -0.3 is 10.1 Å². The average molecular weight is 409 g/mol. The fourth-order valence-electron chi connectivity index (χ4n) is 2.90. The molecule has 1 aliphatic rings. The van der Waals surface area contributed by atoms with E-state index >= 15 is 0 Å². The van der Waals surface area contributed by atoms with Gasteiger partial charge >= 0.3 is 5.97 Å². The second kappa shape index (κ2) is 9.84. The Morgan fingerprint density at radius 2 is 2.00 bits per heavy atom. The van der Waals surface area contributed by atoms with Gasteiger partial charge in [0.15, 0.2) is 6.10 Å². The Labute approximate surface area is 166 Å². The molecular formula is C20H28N2O5S. The zero-order valence-corrected chi connectivity index (χ0v) is 17.4. The average Bonchev–Trinajstić information content (AvgIpc) is 2.68. The zero-order valence-electron chi connectivity index (χ0n) is 16.6. The smallest absolute Gasteiger partial charge is 0.338 e. The Hall–Kier alpha value is -2.19. The van der Waals surface area contributed by atoms with Crippen LogP contribution in [0.15, 0.2) is 40.8 Å². The molecule has 1 aliphatic carbocycles. The van der Waals surface area contributed by atoms with Gasteiger partial charge in [0.05, 0.1) is 10.5 Å². The molecule has 0 unspecified atom stereocenters. The molecule has 0 heterocycles. The highest BCUT2D eigenvalue weighted by Crippen LogP contribution is 2.19. The van der Waals surface area contributed by atoms with Crippen molar-refractivity contribution in [2.45, 2.75) is 50.0 Å². The highest BCUT2D eigenvalue weighted by molar-refractivity contribution is 7.89. The minimum absolute atomic E-state index is 0.00943. The van der Waals surface area contributed by atoms with E-state index in [0.717, 1.165) is 23.6 Å². The molecule has 7 nitrogen and oxygen atoms in total. The van der Waals surface area contributed by atoms with Crippen molar-refractivity contribution in [3.63, 3.8) is 0 Å². The first-order valence-corrected chi connectivity index (χ1v) is 10.8. The number of hydrogen-bond acceptors (Lipinski definition) is 5. The zero-order chi connectivity index (χ0) is 20.7. The summed E-state index contributed by atoms with van der Waals surface area (Å²) in [5.41, 5.74) is 1.44. The molecule has 154 valence electrons. The molecule has 1 aromatic carbocycles.